The molecular weight excluding hydrogens is 673 g/mol. The molecule has 0 atom stereocenters. The van der Waals surface area contributed by atoms with Gasteiger partial charge in [0.25, 0.3) is 0 Å². The molecule has 1 aliphatic rings. The van der Waals surface area contributed by atoms with Crippen molar-refractivity contribution < 1.29 is 0 Å². The third-order valence-corrected chi connectivity index (χ3v) is 11.5. The van der Waals surface area contributed by atoms with E-state index in [0.29, 0.717) is 22.5 Å². The number of hydrogen-bond acceptors (Lipinski definition) is 2. The van der Waals surface area contributed by atoms with E-state index in [2.05, 4.69) is 99.4 Å². The van der Waals surface area contributed by atoms with Crippen molar-refractivity contribution in [2.45, 2.75) is 19.3 Å². The van der Waals surface area contributed by atoms with E-state index in [1.54, 1.807) is 6.07 Å². The fourth-order valence-electron chi connectivity index (χ4n) is 9.19. The van der Waals surface area contributed by atoms with Crippen molar-refractivity contribution in [3.63, 3.8) is 0 Å². The van der Waals surface area contributed by atoms with Crippen molar-refractivity contribution in [2.75, 3.05) is 0 Å². The van der Waals surface area contributed by atoms with Crippen LogP contribution >= 0.6 is 0 Å². The first-order valence-electron chi connectivity index (χ1n) is 18.0. The molecule has 2 heterocycles. The molecule has 2 aromatic heterocycles. The van der Waals surface area contributed by atoms with Gasteiger partial charge in [-0.05, 0) is 63.7 Å². The van der Waals surface area contributed by atoms with Gasteiger partial charge in [0.1, 0.15) is 12.1 Å². The molecule has 1 aliphatic carbocycles. The molecule has 6 heteroatoms. The second kappa shape index (κ2) is 11.6. The van der Waals surface area contributed by atoms with Crippen LogP contribution in [-0.4, -0.2) is 9.13 Å². The molecule has 6 nitrogen and oxygen atoms in total. The maximum absolute atomic E-state index is 10.9. The van der Waals surface area contributed by atoms with Gasteiger partial charge in [0, 0.05) is 32.6 Å². The molecule has 0 saturated carbocycles. The zero-order valence-corrected chi connectivity index (χ0v) is 29.9. The summed E-state index contributed by atoms with van der Waals surface area (Å²) in [5.74, 6) is 0. The predicted octanol–water partition coefficient (Wildman–Crippen LogP) is 12.7. The highest BCUT2D eigenvalue weighted by Crippen LogP contribution is 2.54. The average Bonchev–Trinajstić information content (AvgIpc) is 3.82. The van der Waals surface area contributed by atoms with Crippen molar-refractivity contribution in [1.82, 2.24) is 9.13 Å². The van der Waals surface area contributed by atoms with Crippen LogP contribution in [0.25, 0.3) is 86.9 Å². The van der Waals surface area contributed by atoms with Crippen LogP contribution in [-0.2, 0) is 5.41 Å². The Morgan fingerprint density at radius 2 is 1.11 bits per heavy atom. The lowest BCUT2D eigenvalue weighted by atomic mass is 9.80. The van der Waals surface area contributed by atoms with Gasteiger partial charge in [-0.15, -0.1) is 0 Å². The molecule has 0 bridgehead atoms. The zero-order chi connectivity index (χ0) is 37.6. The zero-order valence-electron chi connectivity index (χ0n) is 29.9. The van der Waals surface area contributed by atoms with Crippen LogP contribution in [0.5, 0.6) is 0 Å². The number of nitriles is 2. The van der Waals surface area contributed by atoms with Crippen LogP contribution in [0.4, 0.5) is 11.4 Å². The molecule has 0 spiro atoms. The van der Waals surface area contributed by atoms with Crippen LogP contribution in [0.1, 0.15) is 36.1 Å². The SMILES string of the molecule is [C-]#[N+]c1c(-c2ccc(C#N)c(C#N)c2-n2c3ccccc3c3c4c(ccc32)-c2ccccc2C4(C)C)ccc(-n2c3ccccc3c3ccccc32)c1[N+]#[C-]. The summed E-state index contributed by atoms with van der Waals surface area (Å²) in [6.07, 6.45) is 0. The van der Waals surface area contributed by atoms with Crippen LogP contribution in [0, 0.1) is 35.8 Å². The second-order valence-electron chi connectivity index (χ2n) is 14.4. The van der Waals surface area contributed by atoms with Gasteiger partial charge in [-0.3, -0.25) is 0 Å². The van der Waals surface area contributed by atoms with Gasteiger partial charge in [0.15, 0.2) is 0 Å². The summed E-state index contributed by atoms with van der Waals surface area (Å²) in [5.41, 5.74) is 11.3. The average molecular weight is 701 g/mol. The van der Waals surface area contributed by atoms with Gasteiger partial charge in [-0.1, -0.05) is 117 Å². The van der Waals surface area contributed by atoms with Gasteiger partial charge in [-0.2, -0.15) is 10.5 Å². The standard InChI is InChI=1S/C49H28N6/c1-49(2)38-17-9-5-13-30(38)33-23-25-42-44(45(33)49)36-16-8-12-20-41(36)55(42)48-35(22-21-29(27-50)37(48)28-51)34-24-26-43(47(53-4)46(34)52-3)54-39-18-10-6-14-31(39)32-15-7-11-19-40(32)54/h5-26H,1-2H3. The van der Waals surface area contributed by atoms with Crippen molar-refractivity contribution in [3.05, 3.63) is 179 Å². The van der Waals surface area contributed by atoms with E-state index in [9.17, 15) is 10.5 Å². The number of nitrogens with zero attached hydrogens (tertiary/aromatic N) is 6. The van der Waals surface area contributed by atoms with E-state index in [1.165, 1.54) is 22.3 Å². The van der Waals surface area contributed by atoms with Crippen LogP contribution in [0.2, 0.25) is 0 Å². The molecule has 0 amide bonds. The van der Waals surface area contributed by atoms with Crippen molar-refractivity contribution in [2.24, 2.45) is 0 Å². The summed E-state index contributed by atoms with van der Waals surface area (Å²) in [7, 11) is 0. The Bertz CT molecular complexity index is 3290. The number of aromatic nitrogens is 2. The molecule has 55 heavy (non-hydrogen) atoms. The Hall–Kier alpha value is -7.90. The van der Waals surface area contributed by atoms with Crippen LogP contribution in [0.15, 0.2) is 133 Å². The molecule has 0 saturated heterocycles. The quantitative estimate of drug-likeness (QED) is 0.172. The number of hydrogen-bond donors (Lipinski definition) is 0. The minimum absolute atomic E-state index is 0.183. The predicted molar refractivity (Wildman–Crippen MR) is 220 cm³/mol. The fourth-order valence-corrected chi connectivity index (χ4v) is 9.19. The summed E-state index contributed by atoms with van der Waals surface area (Å²) in [6.45, 7) is 21.6. The van der Waals surface area contributed by atoms with E-state index in [0.717, 1.165) is 43.6 Å². The summed E-state index contributed by atoms with van der Waals surface area (Å²) >= 11 is 0. The van der Waals surface area contributed by atoms with Gasteiger partial charge < -0.3 is 9.13 Å². The second-order valence-corrected chi connectivity index (χ2v) is 14.4. The van der Waals surface area contributed by atoms with E-state index in [-0.39, 0.29) is 27.9 Å². The highest BCUT2D eigenvalue weighted by molar-refractivity contribution is 6.15. The number of para-hydroxylation sites is 3. The topological polar surface area (TPSA) is 66.2 Å². The summed E-state index contributed by atoms with van der Waals surface area (Å²) in [6, 6.07) is 49.1. The molecular formula is C49H28N6. The molecule has 0 unspecified atom stereocenters. The Balaban J connectivity index is 1.31. The normalized spacial score (nSPS) is 12.6. The van der Waals surface area contributed by atoms with Crippen molar-refractivity contribution in [3.8, 4) is 45.8 Å². The first-order chi connectivity index (χ1) is 26.9. The Labute approximate surface area is 317 Å². The van der Waals surface area contributed by atoms with Gasteiger partial charge >= 0.3 is 0 Å². The smallest absolute Gasteiger partial charge is 0.218 e. The van der Waals surface area contributed by atoms with E-state index in [1.807, 2.05) is 72.8 Å². The Morgan fingerprint density at radius 3 is 1.76 bits per heavy atom. The first kappa shape index (κ1) is 31.8. The monoisotopic (exact) mass is 700 g/mol. The largest absolute Gasteiger partial charge is 0.320 e. The van der Waals surface area contributed by atoms with E-state index >= 15 is 0 Å². The van der Waals surface area contributed by atoms with Gasteiger partial charge in [0.05, 0.1) is 52.0 Å². The van der Waals surface area contributed by atoms with Crippen molar-refractivity contribution >= 4 is 55.0 Å². The third kappa shape index (κ3) is 4.14. The molecule has 9 aromatic rings. The molecule has 0 N–H and O–H groups in total. The summed E-state index contributed by atoms with van der Waals surface area (Å²) < 4.78 is 4.15. The lowest BCUT2D eigenvalue weighted by molar-refractivity contribution is 0.666. The maximum atomic E-state index is 10.9. The summed E-state index contributed by atoms with van der Waals surface area (Å²) in [5, 5.41) is 25.4. The minimum atomic E-state index is -0.305. The van der Waals surface area contributed by atoms with Crippen molar-refractivity contribution in [1.29, 1.82) is 10.5 Å². The lowest BCUT2D eigenvalue weighted by Crippen LogP contribution is -2.15. The van der Waals surface area contributed by atoms with E-state index < -0.39 is 0 Å². The van der Waals surface area contributed by atoms with Gasteiger partial charge in [0.2, 0.25) is 11.4 Å². The van der Waals surface area contributed by atoms with Crippen LogP contribution < -0.4 is 0 Å². The third-order valence-electron chi connectivity index (χ3n) is 11.5. The summed E-state index contributed by atoms with van der Waals surface area (Å²) in [4.78, 5) is 8.08. The highest BCUT2D eigenvalue weighted by Gasteiger charge is 2.38. The Morgan fingerprint density at radius 1 is 0.527 bits per heavy atom. The fraction of sp³-hybridized carbons (Fsp3) is 0.0612. The minimum Gasteiger partial charge on any atom is -0.320 e. The molecule has 7 aromatic carbocycles. The molecule has 0 aliphatic heterocycles. The maximum Gasteiger partial charge on any atom is 0.218 e. The highest BCUT2D eigenvalue weighted by atomic mass is 15.0. The molecule has 10 rings (SSSR count). The molecule has 0 fully saturated rings. The van der Waals surface area contributed by atoms with Crippen LogP contribution in [0.3, 0.4) is 0 Å². The molecule has 254 valence electrons. The molecule has 0 radical (unpaired) electrons. The number of rotatable bonds is 3. The lowest BCUT2D eigenvalue weighted by Gasteiger charge is -2.23. The Kier molecular flexibility index (Phi) is 6.68. The van der Waals surface area contributed by atoms with Gasteiger partial charge in [-0.25, -0.2) is 9.69 Å². The number of benzene rings is 7. The van der Waals surface area contributed by atoms with E-state index in [4.69, 9.17) is 13.1 Å². The first-order valence-corrected chi connectivity index (χ1v) is 18.0. The number of fused-ring (bicyclic) bond motifs is 10.